The van der Waals surface area contributed by atoms with E-state index in [0.29, 0.717) is 23.9 Å². The number of nitrogens with one attached hydrogen (secondary N) is 1. The summed E-state index contributed by atoms with van der Waals surface area (Å²) in [5.74, 6) is 0.243. The molecule has 4 rings (SSSR count). The van der Waals surface area contributed by atoms with Gasteiger partial charge >= 0.3 is 0 Å². The number of hydrogen-bond donors (Lipinski definition) is 1. The van der Waals surface area contributed by atoms with Gasteiger partial charge in [0, 0.05) is 42.8 Å². The molecule has 0 spiro atoms. The number of halogens is 1. The van der Waals surface area contributed by atoms with Gasteiger partial charge in [0.05, 0.1) is 12.7 Å². The standard InChI is InChI=1S/C22H22ClN3O3/c23-18-8-6-17(7-9-18)21-12-20(25-29-21)22(27)24-13-19-15-26(10-11-28-19)14-16-4-2-1-3-5-16/h1-9,12,19H,10-11,13-15H2,(H,24,27). The Bertz CT molecular complexity index is 943. The summed E-state index contributed by atoms with van der Waals surface area (Å²) in [4.78, 5) is 14.8. The summed E-state index contributed by atoms with van der Waals surface area (Å²) in [5.41, 5.74) is 2.33. The van der Waals surface area contributed by atoms with E-state index in [1.165, 1.54) is 5.56 Å². The number of amides is 1. The maximum Gasteiger partial charge on any atom is 0.273 e. The lowest BCUT2D eigenvalue weighted by molar-refractivity contribution is -0.0293. The van der Waals surface area contributed by atoms with Crippen molar-refractivity contribution in [3.05, 3.63) is 76.9 Å². The second-order valence-electron chi connectivity index (χ2n) is 7.01. The summed E-state index contributed by atoms with van der Waals surface area (Å²) in [7, 11) is 0. The smallest absolute Gasteiger partial charge is 0.273 e. The van der Waals surface area contributed by atoms with Gasteiger partial charge in [0.2, 0.25) is 0 Å². The van der Waals surface area contributed by atoms with Crippen molar-refractivity contribution < 1.29 is 14.1 Å². The summed E-state index contributed by atoms with van der Waals surface area (Å²) in [5, 5.41) is 7.41. The fourth-order valence-electron chi connectivity index (χ4n) is 3.32. The zero-order valence-corrected chi connectivity index (χ0v) is 16.6. The van der Waals surface area contributed by atoms with Crippen LogP contribution in [0.15, 0.2) is 65.2 Å². The molecule has 29 heavy (non-hydrogen) atoms. The van der Waals surface area contributed by atoms with Gasteiger partial charge in [-0.05, 0) is 29.8 Å². The fourth-order valence-corrected chi connectivity index (χ4v) is 3.44. The molecule has 1 aromatic heterocycles. The van der Waals surface area contributed by atoms with Gasteiger partial charge in [-0.15, -0.1) is 0 Å². The Hall–Kier alpha value is -2.67. The van der Waals surface area contributed by atoms with Crippen LogP contribution in [0.3, 0.4) is 0 Å². The lowest BCUT2D eigenvalue weighted by atomic mass is 10.1. The van der Waals surface area contributed by atoms with Crippen molar-refractivity contribution in [2.45, 2.75) is 12.6 Å². The third-order valence-corrected chi connectivity index (χ3v) is 5.09. The average molecular weight is 412 g/mol. The van der Waals surface area contributed by atoms with Crippen LogP contribution in [-0.4, -0.2) is 48.3 Å². The molecule has 2 aromatic carbocycles. The minimum Gasteiger partial charge on any atom is -0.374 e. The van der Waals surface area contributed by atoms with Crippen molar-refractivity contribution in [2.75, 3.05) is 26.2 Å². The van der Waals surface area contributed by atoms with Crippen LogP contribution in [0, 0.1) is 0 Å². The first-order valence-corrected chi connectivity index (χ1v) is 9.94. The molecule has 1 atom stereocenters. The number of carbonyl (C=O) groups excluding carboxylic acids is 1. The number of nitrogens with zero attached hydrogens (tertiary/aromatic N) is 2. The molecule has 0 radical (unpaired) electrons. The summed E-state index contributed by atoms with van der Waals surface area (Å²) in [6, 6.07) is 19.1. The van der Waals surface area contributed by atoms with E-state index < -0.39 is 0 Å². The molecule has 150 valence electrons. The van der Waals surface area contributed by atoms with Crippen molar-refractivity contribution in [3.8, 4) is 11.3 Å². The molecule has 7 heteroatoms. The fraction of sp³-hybridized carbons (Fsp3) is 0.273. The van der Waals surface area contributed by atoms with Crippen LogP contribution in [-0.2, 0) is 11.3 Å². The van der Waals surface area contributed by atoms with Crippen LogP contribution in [0.1, 0.15) is 16.1 Å². The molecule has 1 aliphatic rings. The monoisotopic (exact) mass is 411 g/mol. The molecule has 0 saturated carbocycles. The van der Waals surface area contributed by atoms with Crippen LogP contribution < -0.4 is 5.32 Å². The highest BCUT2D eigenvalue weighted by Gasteiger charge is 2.22. The first-order valence-electron chi connectivity index (χ1n) is 9.56. The van der Waals surface area contributed by atoms with E-state index in [2.05, 4.69) is 27.5 Å². The van der Waals surface area contributed by atoms with E-state index in [4.69, 9.17) is 20.9 Å². The first-order chi connectivity index (χ1) is 14.2. The van der Waals surface area contributed by atoms with Gasteiger partial charge in [0.15, 0.2) is 11.5 Å². The van der Waals surface area contributed by atoms with E-state index in [0.717, 1.165) is 25.2 Å². The SMILES string of the molecule is O=C(NCC1CN(Cc2ccccc2)CCO1)c1cc(-c2ccc(Cl)cc2)on1. The number of hydrogen-bond acceptors (Lipinski definition) is 5. The number of benzene rings is 2. The van der Waals surface area contributed by atoms with Gasteiger partial charge in [-0.1, -0.05) is 47.1 Å². The quantitative estimate of drug-likeness (QED) is 0.671. The molecule has 0 bridgehead atoms. The lowest BCUT2D eigenvalue weighted by Gasteiger charge is -2.33. The summed E-state index contributed by atoms with van der Waals surface area (Å²) in [6.45, 7) is 3.60. The Kier molecular flexibility index (Phi) is 6.24. The Labute approximate surface area is 174 Å². The topological polar surface area (TPSA) is 67.6 Å². The number of carbonyl (C=O) groups is 1. The number of ether oxygens (including phenoxy) is 1. The lowest BCUT2D eigenvalue weighted by Crippen LogP contribution is -2.47. The van der Waals surface area contributed by atoms with Crippen molar-refractivity contribution in [2.24, 2.45) is 0 Å². The van der Waals surface area contributed by atoms with Crippen LogP contribution >= 0.6 is 11.6 Å². The largest absolute Gasteiger partial charge is 0.374 e. The van der Waals surface area contributed by atoms with Crippen molar-refractivity contribution in [3.63, 3.8) is 0 Å². The third kappa shape index (κ3) is 5.23. The highest BCUT2D eigenvalue weighted by Crippen LogP contribution is 2.22. The van der Waals surface area contributed by atoms with Gasteiger partial charge in [-0.25, -0.2) is 0 Å². The average Bonchev–Trinajstić information content (AvgIpc) is 3.24. The molecule has 1 amide bonds. The van der Waals surface area contributed by atoms with E-state index in [1.54, 1.807) is 18.2 Å². The predicted octanol–water partition coefficient (Wildman–Crippen LogP) is 3.63. The van der Waals surface area contributed by atoms with Gasteiger partial charge in [0.25, 0.3) is 5.91 Å². The molecule has 1 saturated heterocycles. The molecule has 0 aliphatic carbocycles. The van der Waals surface area contributed by atoms with Gasteiger partial charge in [0.1, 0.15) is 0 Å². The Morgan fingerprint density at radius 3 is 2.76 bits per heavy atom. The Morgan fingerprint density at radius 1 is 1.17 bits per heavy atom. The van der Waals surface area contributed by atoms with E-state index in [-0.39, 0.29) is 17.7 Å². The predicted molar refractivity (Wildman–Crippen MR) is 111 cm³/mol. The van der Waals surface area contributed by atoms with E-state index in [1.807, 2.05) is 30.3 Å². The van der Waals surface area contributed by atoms with Gasteiger partial charge in [-0.2, -0.15) is 0 Å². The minimum atomic E-state index is -0.280. The van der Waals surface area contributed by atoms with Crippen LogP contribution in [0.25, 0.3) is 11.3 Å². The normalized spacial score (nSPS) is 17.2. The van der Waals surface area contributed by atoms with Crippen molar-refractivity contribution in [1.29, 1.82) is 0 Å². The van der Waals surface area contributed by atoms with Crippen LogP contribution in [0.5, 0.6) is 0 Å². The number of aromatic nitrogens is 1. The van der Waals surface area contributed by atoms with Gasteiger partial charge in [-0.3, -0.25) is 9.69 Å². The zero-order chi connectivity index (χ0) is 20.1. The van der Waals surface area contributed by atoms with Crippen LogP contribution in [0.2, 0.25) is 5.02 Å². The molecule has 2 heterocycles. The van der Waals surface area contributed by atoms with Crippen molar-refractivity contribution in [1.82, 2.24) is 15.4 Å². The highest BCUT2D eigenvalue weighted by molar-refractivity contribution is 6.30. The van der Waals surface area contributed by atoms with Gasteiger partial charge < -0.3 is 14.6 Å². The van der Waals surface area contributed by atoms with Crippen molar-refractivity contribution >= 4 is 17.5 Å². The Balaban J connectivity index is 1.29. The number of morpholine rings is 1. The summed E-state index contributed by atoms with van der Waals surface area (Å²) in [6.07, 6.45) is -0.0564. The molecule has 1 aliphatic heterocycles. The van der Waals surface area contributed by atoms with E-state index >= 15 is 0 Å². The molecular formula is C22H22ClN3O3. The maximum atomic E-state index is 12.4. The maximum absolute atomic E-state index is 12.4. The first kappa shape index (κ1) is 19.6. The zero-order valence-electron chi connectivity index (χ0n) is 15.9. The Morgan fingerprint density at radius 2 is 1.97 bits per heavy atom. The molecular weight excluding hydrogens is 390 g/mol. The molecule has 3 aromatic rings. The minimum absolute atomic E-state index is 0.0564. The number of rotatable bonds is 6. The molecule has 6 nitrogen and oxygen atoms in total. The molecule has 1 unspecified atom stereocenters. The molecule has 1 fully saturated rings. The third-order valence-electron chi connectivity index (χ3n) is 4.83. The summed E-state index contributed by atoms with van der Waals surface area (Å²) < 4.78 is 11.1. The molecule has 1 N–H and O–H groups in total. The second-order valence-corrected chi connectivity index (χ2v) is 7.44. The second kappa shape index (κ2) is 9.22. The highest BCUT2D eigenvalue weighted by atomic mass is 35.5. The summed E-state index contributed by atoms with van der Waals surface area (Å²) >= 11 is 5.90. The van der Waals surface area contributed by atoms with Crippen LogP contribution in [0.4, 0.5) is 0 Å². The van der Waals surface area contributed by atoms with E-state index in [9.17, 15) is 4.79 Å².